The van der Waals surface area contributed by atoms with Crippen molar-refractivity contribution in [3.05, 3.63) is 63.6 Å². The fourth-order valence-electron chi connectivity index (χ4n) is 1.86. The lowest BCUT2D eigenvalue weighted by atomic mass is 10.2. The smallest absolute Gasteiger partial charge is 0.245 e. The number of methoxy groups -OCH3 is 1. The van der Waals surface area contributed by atoms with Crippen molar-refractivity contribution in [2.75, 3.05) is 7.11 Å². The molecule has 120 valence electrons. The summed E-state index contributed by atoms with van der Waals surface area (Å²) in [6.07, 6.45) is 2.86. The van der Waals surface area contributed by atoms with Crippen molar-refractivity contribution >= 4 is 46.1 Å². The Labute approximate surface area is 149 Å². The first kappa shape index (κ1) is 17.7. The molecule has 2 rings (SSSR count). The van der Waals surface area contributed by atoms with Crippen molar-refractivity contribution in [3.63, 3.8) is 0 Å². The van der Waals surface area contributed by atoms with Crippen LogP contribution in [0.1, 0.15) is 11.1 Å². The molecule has 0 unspecified atom stereocenters. The highest BCUT2D eigenvalue weighted by atomic mass is 35.5. The summed E-state index contributed by atoms with van der Waals surface area (Å²) >= 11 is 17.3. The van der Waals surface area contributed by atoms with Gasteiger partial charge in [0.05, 0.1) is 7.11 Å². The van der Waals surface area contributed by atoms with Gasteiger partial charge in [0.25, 0.3) is 0 Å². The highest BCUT2D eigenvalue weighted by Crippen LogP contribution is 2.30. The van der Waals surface area contributed by atoms with Gasteiger partial charge >= 0.3 is 0 Å². The van der Waals surface area contributed by atoms with Gasteiger partial charge in [0, 0.05) is 15.6 Å². The molecule has 0 aromatic heterocycles. The highest BCUT2D eigenvalue weighted by Gasteiger charge is 2.07. The van der Waals surface area contributed by atoms with Crippen LogP contribution in [0, 0.1) is 0 Å². The number of hydrogen-bond acceptors (Lipinski definition) is 3. The van der Waals surface area contributed by atoms with E-state index in [0.717, 1.165) is 11.1 Å². The molecule has 6 heteroatoms. The fourth-order valence-corrected chi connectivity index (χ4v) is 2.39. The normalized spacial score (nSPS) is 10.8. The molecule has 0 saturated heterocycles. The van der Waals surface area contributed by atoms with Gasteiger partial charge in [0.15, 0.2) is 11.5 Å². The zero-order valence-corrected chi connectivity index (χ0v) is 14.5. The van der Waals surface area contributed by atoms with Crippen LogP contribution >= 0.6 is 34.8 Å². The third kappa shape index (κ3) is 5.17. The largest absolute Gasteiger partial charge is 0.493 e. The molecule has 0 aliphatic rings. The first-order chi connectivity index (χ1) is 11.0. The number of rotatable bonds is 6. The summed E-state index contributed by atoms with van der Waals surface area (Å²) in [6, 6.07) is 10.5. The molecule has 2 aromatic carbocycles. The predicted octanol–water partition coefficient (Wildman–Crippen LogP) is 5.36. The van der Waals surface area contributed by atoms with Gasteiger partial charge in [-0.3, -0.25) is 4.79 Å². The van der Waals surface area contributed by atoms with E-state index in [2.05, 4.69) is 0 Å². The molecule has 0 heterocycles. The van der Waals surface area contributed by atoms with Gasteiger partial charge in [0.1, 0.15) is 6.61 Å². The first-order valence-electron chi connectivity index (χ1n) is 6.62. The number of carbonyl (C=O) groups is 1. The second-order valence-electron chi connectivity index (χ2n) is 4.57. The van der Waals surface area contributed by atoms with Crippen molar-refractivity contribution in [1.82, 2.24) is 0 Å². The van der Waals surface area contributed by atoms with E-state index in [-0.39, 0.29) is 6.61 Å². The van der Waals surface area contributed by atoms with Crippen LogP contribution in [0.4, 0.5) is 0 Å². The number of benzene rings is 2. The van der Waals surface area contributed by atoms with Crippen molar-refractivity contribution in [2.24, 2.45) is 0 Å². The minimum absolute atomic E-state index is 0.279. The molecule has 0 atom stereocenters. The average Bonchev–Trinajstić information content (AvgIpc) is 2.52. The quantitative estimate of drug-likeness (QED) is 0.506. The second kappa shape index (κ2) is 8.25. The van der Waals surface area contributed by atoms with E-state index in [1.165, 1.54) is 13.2 Å². The highest BCUT2D eigenvalue weighted by molar-refractivity contribution is 6.66. The van der Waals surface area contributed by atoms with Gasteiger partial charge in [-0.1, -0.05) is 41.4 Å². The summed E-state index contributed by atoms with van der Waals surface area (Å²) in [4.78, 5) is 10.8. The maximum Gasteiger partial charge on any atom is 0.245 e. The van der Waals surface area contributed by atoms with Crippen LogP contribution in [0.2, 0.25) is 10.0 Å². The first-order valence-corrected chi connectivity index (χ1v) is 7.75. The Balaban J connectivity index is 2.14. The zero-order chi connectivity index (χ0) is 16.8. The third-order valence-corrected chi connectivity index (χ3v) is 3.71. The van der Waals surface area contributed by atoms with Gasteiger partial charge in [-0.15, -0.1) is 0 Å². The maximum absolute atomic E-state index is 10.8. The van der Waals surface area contributed by atoms with E-state index in [1.54, 1.807) is 42.5 Å². The van der Waals surface area contributed by atoms with Crippen molar-refractivity contribution < 1.29 is 14.3 Å². The van der Waals surface area contributed by atoms with Crippen LogP contribution in [0.3, 0.4) is 0 Å². The van der Waals surface area contributed by atoms with E-state index in [0.29, 0.717) is 21.5 Å². The summed E-state index contributed by atoms with van der Waals surface area (Å²) in [5, 5.41) is 0.569. The van der Waals surface area contributed by atoms with Crippen LogP contribution in [0.15, 0.2) is 42.5 Å². The molecule has 2 aromatic rings. The van der Waals surface area contributed by atoms with Crippen molar-refractivity contribution in [1.29, 1.82) is 0 Å². The SMILES string of the molecule is COc1cc(/C=C/C(=O)Cl)ccc1OCc1ccc(Cl)cc1Cl. The minimum Gasteiger partial charge on any atom is -0.493 e. The molecule has 0 fully saturated rings. The lowest BCUT2D eigenvalue weighted by molar-refractivity contribution is -0.107. The van der Waals surface area contributed by atoms with Gasteiger partial charge in [-0.2, -0.15) is 0 Å². The molecule has 0 radical (unpaired) electrons. The van der Waals surface area contributed by atoms with E-state index in [4.69, 9.17) is 44.3 Å². The predicted molar refractivity (Wildman–Crippen MR) is 93.7 cm³/mol. The van der Waals surface area contributed by atoms with Gasteiger partial charge in [-0.05, 0) is 47.5 Å². The van der Waals surface area contributed by atoms with Gasteiger partial charge in [0.2, 0.25) is 5.24 Å². The number of allylic oxidation sites excluding steroid dienone is 1. The van der Waals surface area contributed by atoms with E-state index >= 15 is 0 Å². The van der Waals surface area contributed by atoms with Gasteiger partial charge in [-0.25, -0.2) is 0 Å². The molecule has 0 bridgehead atoms. The summed E-state index contributed by atoms with van der Waals surface area (Å²) < 4.78 is 11.0. The third-order valence-electron chi connectivity index (χ3n) is 2.99. The summed E-state index contributed by atoms with van der Waals surface area (Å²) in [7, 11) is 1.54. The van der Waals surface area contributed by atoms with Gasteiger partial charge < -0.3 is 9.47 Å². The van der Waals surface area contributed by atoms with Crippen LogP contribution in [0.25, 0.3) is 6.08 Å². The van der Waals surface area contributed by atoms with Crippen LogP contribution in [-0.2, 0) is 11.4 Å². The molecule has 0 amide bonds. The fraction of sp³-hybridized carbons (Fsp3) is 0.118. The van der Waals surface area contributed by atoms with E-state index in [1.807, 2.05) is 0 Å². The van der Waals surface area contributed by atoms with E-state index in [9.17, 15) is 4.79 Å². The topological polar surface area (TPSA) is 35.5 Å². The van der Waals surface area contributed by atoms with Crippen LogP contribution in [-0.4, -0.2) is 12.4 Å². The average molecular weight is 372 g/mol. The standard InChI is InChI=1S/C17H13Cl3O3/c1-22-16-8-11(3-7-17(20)21)2-6-15(16)23-10-12-4-5-13(18)9-14(12)19/h2-9H,10H2,1H3/b7-3+. The molecule has 23 heavy (non-hydrogen) atoms. The minimum atomic E-state index is -0.540. The number of hydrogen-bond donors (Lipinski definition) is 0. The summed E-state index contributed by atoms with van der Waals surface area (Å²) in [6.45, 7) is 0.279. The molecule has 0 aliphatic carbocycles. The molecule has 0 spiro atoms. The number of ether oxygens (including phenoxy) is 2. The number of halogens is 3. The Morgan fingerprint density at radius 3 is 2.57 bits per heavy atom. The van der Waals surface area contributed by atoms with Crippen LogP contribution < -0.4 is 9.47 Å². The Morgan fingerprint density at radius 2 is 1.91 bits per heavy atom. The lowest BCUT2D eigenvalue weighted by Crippen LogP contribution is -1.98. The van der Waals surface area contributed by atoms with E-state index < -0.39 is 5.24 Å². The summed E-state index contributed by atoms with van der Waals surface area (Å²) in [5.41, 5.74) is 1.59. The zero-order valence-electron chi connectivity index (χ0n) is 12.2. The Bertz CT molecular complexity index is 742. The molecular weight excluding hydrogens is 359 g/mol. The Hall–Kier alpha value is -1.68. The Morgan fingerprint density at radius 1 is 1.13 bits per heavy atom. The summed E-state index contributed by atoms with van der Waals surface area (Å²) in [5.74, 6) is 1.10. The lowest BCUT2D eigenvalue weighted by Gasteiger charge is -2.12. The monoisotopic (exact) mass is 370 g/mol. The second-order valence-corrected chi connectivity index (χ2v) is 5.79. The molecule has 0 aliphatic heterocycles. The molecular formula is C17H13Cl3O3. The molecule has 0 N–H and O–H groups in total. The molecule has 3 nitrogen and oxygen atoms in total. The molecule has 0 saturated carbocycles. The van der Waals surface area contributed by atoms with Crippen molar-refractivity contribution in [2.45, 2.75) is 6.61 Å². The maximum atomic E-state index is 10.8. The van der Waals surface area contributed by atoms with Crippen LogP contribution in [0.5, 0.6) is 11.5 Å². The van der Waals surface area contributed by atoms with Crippen molar-refractivity contribution in [3.8, 4) is 11.5 Å². The Kier molecular flexibility index (Phi) is 6.34. The number of carbonyl (C=O) groups excluding carboxylic acids is 1.